The van der Waals surface area contributed by atoms with E-state index in [1.54, 1.807) is 12.1 Å². The lowest BCUT2D eigenvalue weighted by atomic mass is 10.1. The zero-order chi connectivity index (χ0) is 24.8. The summed E-state index contributed by atoms with van der Waals surface area (Å²) in [6.07, 6.45) is 0.919. The van der Waals surface area contributed by atoms with E-state index in [0.717, 1.165) is 46.0 Å². The number of hydrogen-bond acceptors (Lipinski definition) is 3. The highest BCUT2D eigenvalue weighted by Gasteiger charge is 2.19. The van der Waals surface area contributed by atoms with Crippen LogP contribution in [0.25, 0.3) is 49.9 Å². The molecule has 7 heteroatoms. The molecule has 0 radical (unpaired) electrons. The smallest absolute Gasteiger partial charge is 0.250 e. The summed E-state index contributed by atoms with van der Waals surface area (Å²) in [5.74, 6) is -0.0936. The van der Waals surface area contributed by atoms with E-state index in [4.69, 9.17) is 10.7 Å². The maximum absolute atomic E-state index is 13.8. The summed E-state index contributed by atoms with van der Waals surface area (Å²) in [7, 11) is 0. The van der Waals surface area contributed by atoms with Crippen LogP contribution in [0.1, 0.15) is 23.7 Å². The van der Waals surface area contributed by atoms with Gasteiger partial charge in [0.2, 0.25) is 0 Å². The summed E-state index contributed by atoms with van der Waals surface area (Å²) < 4.78 is 16.0. The van der Waals surface area contributed by atoms with Gasteiger partial charge in [0.25, 0.3) is 5.91 Å². The molecule has 6 nitrogen and oxygen atoms in total. The molecule has 0 aliphatic rings. The van der Waals surface area contributed by atoms with Crippen molar-refractivity contribution in [2.24, 2.45) is 5.73 Å². The van der Waals surface area contributed by atoms with Crippen molar-refractivity contribution in [3.63, 3.8) is 0 Å². The number of aromatic amines is 1. The molecule has 36 heavy (non-hydrogen) atoms. The number of imidazole rings is 1. The molecule has 4 N–H and O–H groups in total. The fraction of sp³-hybridized carbons (Fsp3) is 0.103. The normalized spacial score (nSPS) is 11.5. The lowest BCUT2D eigenvalue weighted by Gasteiger charge is -2.14. The van der Waals surface area contributed by atoms with Gasteiger partial charge < -0.3 is 20.6 Å². The molecule has 0 saturated heterocycles. The van der Waals surface area contributed by atoms with Crippen LogP contribution in [0.15, 0.2) is 78.9 Å². The van der Waals surface area contributed by atoms with Crippen molar-refractivity contribution >= 4 is 44.4 Å². The molecule has 2 aromatic heterocycles. The van der Waals surface area contributed by atoms with Gasteiger partial charge in [0, 0.05) is 34.3 Å². The third-order valence-corrected chi connectivity index (χ3v) is 6.49. The number of aromatic nitrogens is 3. The third-order valence-electron chi connectivity index (χ3n) is 6.49. The third kappa shape index (κ3) is 3.48. The quantitative estimate of drug-likeness (QED) is 0.260. The van der Waals surface area contributed by atoms with Gasteiger partial charge in [0.05, 0.1) is 27.6 Å². The summed E-state index contributed by atoms with van der Waals surface area (Å²) >= 11 is 0. The van der Waals surface area contributed by atoms with E-state index >= 15 is 0 Å². The van der Waals surface area contributed by atoms with Gasteiger partial charge in [0.15, 0.2) is 0 Å². The Morgan fingerprint density at radius 2 is 1.86 bits per heavy atom. The van der Waals surface area contributed by atoms with Gasteiger partial charge >= 0.3 is 0 Å². The molecule has 6 rings (SSSR count). The second kappa shape index (κ2) is 8.53. The molecule has 0 aliphatic heterocycles. The molecule has 0 atom stereocenters. The lowest BCUT2D eigenvalue weighted by Crippen LogP contribution is -2.15. The maximum atomic E-state index is 13.8. The molecule has 0 bridgehead atoms. The Hall–Kier alpha value is -4.65. The summed E-state index contributed by atoms with van der Waals surface area (Å²) in [6.45, 7) is 2.80. The highest BCUT2D eigenvalue weighted by molar-refractivity contribution is 6.15. The number of para-hydroxylation sites is 1. The van der Waals surface area contributed by atoms with Crippen molar-refractivity contribution in [2.75, 3.05) is 11.9 Å². The van der Waals surface area contributed by atoms with E-state index in [-0.39, 0.29) is 5.82 Å². The Bertz CT molecular complexity index is 1780. The van der Waals surface area contributed by atoms with E-state index in [9.17, 15) is 9.18 Å². The number of H-pyrrole nitrogens is 1. The highest BCUT2D eigenvalue weighted by atomic mass is 19.1. The Kier molecular flexibility index (Phi) is 5.18. The Balaban J connectivity index is 1.62. The number of benzene rings is 4. The van der Waals surface area contributed by atoms with E-state index in [1.165, 1.54) is 12.1 Å². The summed E-state index contributed by atoms with van der Waals surface area (Å²) in [5, 5.41) is 5.44. The molecule has 0 saturated carbocycles. The van der Waals surface area contributed by atoms with Crippen LogP contribution in [0, 0.1) is 5.82 Å². The van der Waals surface area contributed by atoms with Gasteiger partial charge in [-0.25, -0.2) is 9.37 Å². The van der Waals surface area contributed by atoms with Crippen LogP contribution >= 0.6 is 0 Å². The van der Waals surface area contributed by atoms with Crippen LogP contribution in [0.3, 0.4) is 0 Å². The highest BCUT2D eigenvalue weighted by Crippen LogP contribution is 2.38. The maximum Gasteiger partial charge on any atom is 0.250 e. The van der Waals surface area contributed by atoms with E-state index in [2.05, 4.69) is 40.0 Å². The number of nitrogens with two attached hydrogens (primary N) is 1. The number of carbonyl (C=O) groups is 1. The van der Waals surface area contributed by atoms with E-state index < -0.39 is 5.91 Å². The minimum Gasteiger partial charge on any atom is -0.384 e. The minimum atomic E-state index is -0.467. The number of anilines is 1. The Morgan fingerprint density at radius 3 is 2.69 bits per heavy atom. The van der Waals surface area contributed by atoms with Crippen molar-refractivity contribution in [1.82, 2.24) is 14.5 Å². The van der Waals surface area contributed by atoms with Gasteiger partial charge in [0.1, 0.15) is 11.6 Å². The predicted octanol–water partition coefficient (Wildman–Crippen LogP) is 6.39. The number of halogens is 1. The SMILES string of the molecule is CCCNc1cc(-n2c3ccccc3c3c(-c4nc5ccc(F)cc5[nH]4)cccc32)ccc1C(N)=O. The van der Waals surface area contributed by atoms with Crippen LogP contribution in [-0.4, -0.2) is 27.0 Å². The summed E-state index contributed by atoms with van der Waals surface area (Å²) in [6, 6.07) is 24.5. The molecule has 0 aliphatic carbocycles. The van der Waals surface area contributed by atoms with E-state index in [0.29, 0.717) is 28.1 Å². The first-order chi connectivity index (χ1) is 17.5. The zero-order valence-corrected chi connectivity index (χ0v) is 19.7. The van der Waals surface area contributed by atoms with Crippen LogP contribution in [0.2, 0.25) is 0 Å². The zero-order valence-electron chi connectivity index (χ0n) is 19.7. The van der Waals surface area contributed by atoms with Crippen molar-refractivity contribution < 1.29 is 9.18 Å². The first kappa shape index (κ1) is 21.9. The number of primary amides is 1. The number of carbonyl (C=O) groups excluding carboxylic acids is 1. The van der Waals surface area contributed by atoms with Crippen molar-refractivity contribution in [1.29, 1.82) is 0 Å². The number of nitrogens with one attached hydrogen (secondary N) is 2. The second-order valence-electron chi connectivity index (χ2n) is 8.82. The largest absolute Gasteiger partial charge is 0.384 e. The number of rotatable bonds is 6. The molecule has 1 amide bonds. The first-order valence-corrected chi connectivity index (χ1v) is 11.9. The van der Waals surface area contributed by atoms with Gasteiger partial charge in [-0.2, -0.15) is 0 Å². The topological polar surface area (TPSA) is 88.7 Å². The molecular weight excluding hydrogens is 453 g/mol. The number of hydrogen-bond donors (Lipinski definition) is 3. The van der Waals surface area contributed by atoms with E-state index in [1.807, 2.05) is 36.4 Å². The molecule has 6 aromatic rings. The van der Waals surface area contributed by atoms with Crippen molar-refractivity contribution in [3.8, 4) is 17.1 Å². The Morgan fingerprint density at radius 1 is 1.03 bits per heavy atom. The molecule has 2 heterocycles. The predicted molar refractivity (Wildman–Crippen MR) is 143 cm³/mol. The molecular formula is C29H24FN5O. The van der Waals surface area contributed by atoms with Gasteiger partial charge in [-0.05, 0) is 55.0 Å². The lowest BCUT2D eigenvalue weighted by molar-refractivity contribution is 0.100. The van der Waals surface area contributed by atoms with Crippen molar-refractivity contribution in [3.05, 3.63) is 90.2 Å². The van der Waals surface area contributed by atoms with Crippen molar-refractivity contribution in [2.45, 2.75) is 13.3 Å². The van der Waals surface area contributed by atoms with Gasteiger partial charge in [-0.1, -0.05) is 37.3 Å². The monoisotopic (exact) mass is 477 g/mol. The van der Waals surface area contributed by atoms with Crippen LogP contribution < -0.4 is 11.1 Å². The first-order valence-electron chi connectivity index (χ1n) is 11.9. The average molecular weight is 478 g/mol. The van der Waals surface area contributed by atoms with Gasteiger partial charge in [-0.15, -0.1) is 0 Å². The fourth-order valence-electron chi connectivity index (χ4n) is 4.90. The fourth-order valence-corrected chi connectivity index (χ4v) is 4.90. The molecule has 0 unspecified atom stereocenters. The Labute approximate surface area is 206 Å². The summed E-state index contributed by atoms with van der Waals surface area (Å²) in [4.78, 5) is 20.1. The molecule has 0 spiro atoms. The summed E-state index contributed by atoms with van der Waals surface area (Å²) in [5.41, 5.74) is 12.0. The average Bonchev–Trinajstić information content (AvgIpc) is 3.46. The van der Waals surface area contributed by atoms with Crippen LogP contribution in [0.4, 0.5) is 10.1 Å². The molecule has 178 valence electrons. The number of nitrogens with zero attached hydrogens (tertiary/aromatic N) is 2. The molecule has 0 fully saturated rings. The number of amides is 1. The minimum absolute atomic E-state index is 0.306. The molecule has 4 aromatic carbocycles. The second-order valence-corrected chi connectivity index (χ2v) is 8.82. The van der Waals surface area contributed by atoms with Crippen LogP contribution in [-0.2, 0) is 0 Å². The van der Waals surface area contributed by atoms with Crippen LogP contribution in [0.5, 0.6) is 0 Å². The standard InChI is InChI=1S/C29H24FN5O/c1-2-14-32-23-16-18(11-12-19(23)28(31)36)35-25-8-4-3-6-20(25)27-21(7-5-9-26(27)35)29-33-22-13-10-17(30)15-24(22)34-29/h3-13,15-16,32H,2,14H2,1H3,(H2,31,36)(H,33,34). The van der Waals surface area contributed by atoms with Gasteiger partial charge in [-0.3, -0.25) is 4.79 Å². The number of fused-ring (bicyclic) bond motifs is 4.